The first-order valence-electron chi connectivity index (χ1n) is 6.53. The third-order valence-corrected chi connectivity index (χ3v) is 3.45. The molecule has 6 heteroatoms. The van der Waals surface area contributed by atoms with Crippen LogP contribution in [0.15, 0.2) is 11.6 Å². The minimum atomic E-state index is -1.09. The second kappa shape index (κ2) is 5.58. The van der Waals surface area contributed by atoms with E-state index in [1.165, 1.54) is 0 Å². The molecule has 2 rings (SSSR count). The molecule has 0 aromatic heterocycles. The topological polar surface area (TPSA) is 85.2 Å². The molecule has 2 aliphatic rings. The van der Waals surface area contributed by atoms with Crippen molar-refractivity contribution >= 4 is 5.97 Å². The Hall–Kier alpha value is -0.950. The lowest BCUT2D eigenvalue weighted by Crippen LogP contribution is -2.43. The van der Waals surface area contributed by atoms with E-state index in [1.807, 2.05) is 0 Å². The molecular weight excluding hydrogens is 252 g/mol. The molecule has 0 amide bonds. The fourth-order valence-electron chi connectivity index (χ4n) is 2.40. The molecule has 0 saturated carbocycles. The van der Waals surface area contributed by atoms with Crippen LogP contribution in [0.2, 0.25) is 0 Å². The minimum Gasteiger partial charge on any atom is -0.463 e. The van der Waals surface area contributed by atoms with Gasteiger partial charge in [-0.05, 0) is 25.8 Å². The van der Waals surface area contributed by atoms with Crippen LogP contribution in [0, 0.1) is 0 Å². The van der Waals surface area contributed by atoms with Gasteiger partial charge >= 0.3 is 5.97 Å². The highest BCUT2D eigenvalue weighted by atomic mass is 16.8. The van der Waals surface area contributed by atoms with Crippen molar-refractivity contribution in [1.29, 1.82) is 0 Å². The van der Waals surface area contributed by atoms with Gasteiger partial charge in [-0.1, -0.05) is 0 Å². The smallest absolute Gasteiger partial charge is 0.333 e. The van der Waals surface area contributed by atoms with Crippen LogP contribution in [-0.4, -0.2) is 54.0 Å². The molecule has 1 atom stereocenters. The summed E-state index contributed by atoms with van der Waals surface area (Å²) >= 11 is 0. The molecule has 0 bridgehead atoms. The second-order valence-electron chi connectivity index (χ2n) is 4.95. The Labute approximate surface area is 112 Å². The Morgan fingerprint density at radius 3 is 2.79 bits per heavy atom. The molecule has 1 fully saturated rings. The normalized spacial score (nSPS) is 29.3. The maximum atomic E-state index is 11.7. The van der Waals surface area contributed by atoms with Gasteiger partial charge in [0.05, 0.1) is 26.4 Å². The van der Waals surface area contributed by atoms with Crippen molar-refractivity contribution in [2.24, 2.45) is 0 Å². The lowest BCUT2D eigenvalue weighted by Gasteiger charge is -2.31. The SMILES string of the molecule is CCOC(=O)C1=CC2(CCC1)OCC(CO)(CO)O2. The summed E-state index contributed by atoms with van der Waals surface area (Å²) in [6, 6.07) is 0. The van der Waals surface area contributed by atoms with E-state index in [9.17, 15) is 15.0 Å². The van der Waals surface area contributed by atoms with Crippen molar-refractivity contribution in [2.45, 2.75) is 37.6 Å². The number of carbonyl (C=O) groups is 1. The van der Waals surface area contributed by atoms with Gasteiger partial charge in [0.2, 0.25) is 0 Å². The van der Waals surface area contributed by atoms with E-state index < -0.39 is 11.4 Å². The lowest BCUT2D eigenvalue weighted by molar-refractivity contribution is -0.178. The van der Waals surface area contributed by atoms with Crippen LogP contribution in [0.3, 0.4) is 0 Å². The van der Waals surface area contributed by atoms with Gasteiger partial charge in [0, 0.05) is 12.0 Å². The zero-order chi connectivity index (χ0) is 13.9. The summed E-state index contributed by atoms with van der Waals surface area (Å²) in [4.78, 5) is 11.7. The lowest BCUT2D eigenvalue weighted by atomic mass is 9.94. The standard InChI is InChI=1S/C13H20O6/c1-2-17-11(16)10-4-3-5-13(6-10)18-9-12(7-14,8-15)19-13/h6,14-15H,2-5,7-9H2,1H3. The molecule has 19 heavy (non-hydrogen) atoms. The first kappa shape index (κ1) is 14.5. The number of aliphatic hydroxyl groups excluding tert-OH is 2. The maximum absolute atomic E-state index is 11.7. The van der Waals surface area contributed by atoms with Gasteiger partial charge in [0.25, 0.3) is 0 Å². The summed E-state index contributed by atoms with van der Waals surface area (Å²) in [6.07, 6.45) is 3.58. The van der Waals surface area contributed by atoms with Gasteiger partial charge in [-0.25, -0.2) is 4.79 Å². The largest absolute Gasteiger partial charge is 0.463 e. The number of ether oxygens (including phenoxy) is 3. The zero-order valence-corrected chi connectivity index (χ0v) is 11.1. The Morgan fingerprint density at radius 1 is 1.47 bits per heavy atom. The van der Waals surface area contributed by atoms with Crippen LogP contribution < -0.4 is 0 Å². The first-order valence-corrected chi connectivity index (χ1v) is 6.53. The van der Waals surface area contributed by atoms with E-state index >= 15 is 0 Å². The highest BCUT2D eigenvalue weighted by molar-refractivity contribution is 5.88. The predicted octanol–water partition coefficient (Wildman–Crippen LogP) is 0.126. The zero-order valence-electron chi connectivity index (χ0n) is 11.1. The Morgan fingerprint density at radius 2 is 2.21 bits per heavy atom. The van der Waals surface area contributed by atoms with Crippen LogP contribution in [-0.2, 0) is 19.0 Å². The molecule has 6 nitrogen and oxygen atoms in total. The monoisotopic (exact) mass is 272 g/mol. The van der Waals surface area contributed by atoms with Crippen LogP contribution >= 0.6 is 0 Å². The van der Waals surface area contributed by atoms with Crippen molar-refractivity contribution in [3.8, 4) is 0 Å². The molecule has 0 aromatic rings. The van der Waals surface area contributed by atoms with Crippen LogP contribution in [0.4, 0.5) is 0 Å². The number of esters is 1. The summed E-state index contributed by atoms with van der Waals surface area (Å²) < 4.78 is 16.3. The van der Waals surface area contributed by atoms with Gasteiger partial charge < -0.3 is 24.4 Å². The number of hydrogen-bond donors (Lipinski definition) is 2. The van der Waals surface area contributed by atoms with Gasteiger partial charge in [0.15, 0.2) is 5.79 Å². The molecule has 108 valence electrons. The first-order chi connectivity index (χ1) is 9.09. The molecule has 1 unspecified atom stereocenters. The van der Waals surface area contributed by atoms with Crippen molar-refractivity contribution in [3.63, 3.8) is 0 Å². The summed E-state index contributed by atoms with van der Waals surface area (Å²) in [5.41, 5.74) is -0.562. The maximum Gasteiger partial charge on any atom is 0.333 e. The average Bonchev–Trinajstić information content (AvgIpc) is 2.79. The molecule has 0 radical (unpaired) electrons. The highest BCUT2D eigenvalue weighted by Gasteiger charge is 2.50. The Balaban J connectivity index is 2.16. The number of hydrogen-bond acceptors (Lipinski definition) is 6. The van der Waals surface area contributed by atoms with Gasteiger partial charge in [-0.3, -0.25) is 0 Å². The van der Waals surface area contributed by atoms with E-state index in [2.05, 4.69) is 0 Å². The van der Waals surface area contributed by atoms with Gasteiger partial charge in [-0.15, -0.1) is 0 Å². The van der Waals surface area contributed by atoms with E-state index in [0.29, 0.717) is 25.0 Å². The van der Waals surface area contributed by atoms with Crippen molar-refractivity contribution in [2.75, 3.05) is 26.4 Å². The van der Waals surface area contributed by atoms with E-state index in [4.69, 9.17) is 14.2 Å². The quantitative estimate of drug-likeness (QED) is 0.707. The van der Waals surface area contributed by atoms with E-state index in [0.717, 1.165) is 6.42 Å². The predicted molar refractivity (Wildman–Crippen MR) is 65.2 cm³/mol. The van der Waals surface area contributed by atoms with Crippen LogP contribution in [0.1, 0.15) is 26.2 Å². The van der Waals surface area contributed by atoms with Crippen molar-refractivity contribution < 1.29 is 29.2 Å². The summed E-state index contributed by atoms with van der Waals surface area (Å²) in [7, 11) is 0. The summed E-state index contributed by atoms with van der Waals surface area (Å²) in [5.74, 6) is -1.38. The van der Waals surface area contributed by atoms with Gasteiger partial charge in [0.1, 0.15) is 5.60 Å². The molecule has 1 aliphatic carbocycles. The number of rotatable bonds is 4. The van der Waals surface area contributed by atoms with E-state index in [-0.39, 0.29) is 25.8 Å². The van der Waals surface area contributed by atoms with E-state index in [1.54, 1.807) is 13.0 Å². The average molecular weight is 272 g/mol. The Kier molecular flexibility index (Phi) is 4.25. The van der Waals surface area contributed by atoms with Crippen molar-refractivity contribution in [3.05, 3.63) is 11.6 Å². The highest BCUT2D eigenvalue weighted by Crippen LogP contribution is 2.40. The second-order valence-corrected chi connectivity index (χ2v) is 4.95. The number of aliphatic hydroxyl groups is 2. The summed E-state index contributed by atoms with van der Waals surface area (Å²) in [5, 5.41) is 18.6. The molecule has 1 heterocycles. The van der Waals surface area contributed by atoms with Gasteiger partial charge in [-0.2, -0.15) is 0 Å². The molecule has 0 aromatic carbocycles. The third kappa shape index (κ3) is 2.81. The molecule has 1 saturated heterocycles. The fraction of sp³-hybridized carbons (Fsp3) is 0.769. The molecule has 1 spiro atoms. The molecule has 2 N–H and O–H groups in total. The number of carbonyl (C=O) groups excluding carboxylic acids is 1. The third-order valence-electron chi connectivity index (χ3n) is 3.45. The van der Waals surface area contributed by atoms with Crippen LogP contribution in [0.5, 0.6) is 0 Å². The van der Waals surface area contributed by atoms with Crippen LogP contribution in [0.25, 0.3) is 0 Å². The summed E-state index contributed by atoms with van der Waals surface area (Å²) in [6.45, 7) is 1.53. The molecule has 1 aliphatic heterocycles. The Bertz CT molecular complexity index is 373. The van der Waals surface area contributed by atoms with Crippen molar-refractivity contribution in [1.82, 2.24) is 0 Å². The molecular formula is C13H20O6. The minimum absolute atomic E-state index is 0.104. The fourth-order valence-corrected chi connectivity index (χ4v) is 2.40.